The maximum Gasteiger partial charge on any atom is 0.411 e. The Morgan fingerprint density at radius 3 is 2.94 bits per heavy atom. The van der Waals surface area contributed by atoms with Crippen LogP contribution in [0.4, 0.5) is 10.7 Å². The summed E-state index contributed by atoms with van der Waals surface area (Å²) >= 11 is 0. The van der Waals surface area contributed by atoms with Gasteiger partial charge in [0, 0.05) is 0 Å². The number of unbranched alkanes of at least 4 members (excludes halogenated alkanes) is 1. The molecule has 0 aliphatic carbocycles. The number of rotatable bonds is 4. The first kappa shape index (κ1) is 12.4. The van der Waals surface area contributed by atoms with E-state index < -0.39 is 6.09 Å². The molecule has 1 heterocycles. The molecule has 0 radical (unpaired) electrons. The van der Waals surface area contributed by atoms with Crippen molar-refractivity contribution in [2.24, 2.45) is 0 Å². The molecule has 0 aliphatic rings. The highest BCUT2D eigenvalue weighted by atomic mass is 16.4. The third kappa shape index (κ3) is 2.45. The van der Waals surface area contributed by atoms with E-state index in [4.69, 9.17) is 5.11 Å². The largest absolute Gasteiger partial charge is 0.465 e. The Kier molecular flexibility index (Phi) is 3.50. The highest BCUT2D eigenvalue weighted by Crippen LogP contribution is 2.22. The molecule has 1 aromatic carbocycles. The number of hydrogen-bond donors (Lipinski definition) is 3. The van der Waals surface area contributed by atoms with Crippen LogP contribution in [0, 0.1) is 6.92 Å². The van der Waals surface area contributed by atoms with Crippen LogP contribution in [-0.2, 0) is 6.42 Å². The number of H-pyrrole nitrogens is 1. The van der Waals surface area contributed by atoms with Gasteiger partial charge in [-0.05, 0) is 37.0 Å². The molecule has 3 N–H and O–H groups in total. The van der Waals surface area contributed by atoms with Crippen molar-refractivity contribution in [2.45, 2.75) is 33.1 Å². The molecule has 0 atom stereocenters. The smallest absolute Gasteiger partial charge is 0.411 e. The van der Waals surface area contributed by atoms with E-state index in [2.05, 4.69) is 28.3 Å². The Balaban J connectivity index is 2.37. The van der Waals surface area contributed by atoms with Crippen LogP contribution < -0.4 is 5.32 Å². The standard InChI is InChI=1S/C13H17N3O2/c1-3-4-5-9-6-7-10-11(8(9)2)15-12(14-10)16-13(17)18/h6-7H,3-5H2,1-2H3,(H,17,18)(H2,14,15,16). The minimum absolute atomic E-state index is 0.272. The fourth-order valence-corrected chi connectivity index (χ4v) is 2.06. The molecule has 5 nitrogen and oxygen atoms in total. The van der Waals surface area contributed by atoms with Crippen LogP contribution in [0.1, 0.15) is 30.9 Å². The summed E-state index contributed by atoms with van der Waals surface area (Å²) in [6, 6.07) is 4.00. The molecule has 0 unspecified atom stereocenters. The fraction of sp³-hybridized carbons (Fsp3) is 0.385. The van der Waals surface area contributed by atoms with Crippen molar-refractivity contribution in [1.82, 2.24) is 9.97 Å². The van der Waals surface area contributed by atoms with Gasteiger partial charge < -0.3 is 10.1 Å². The fourth-order valence-electron chi connectivity index (χ4n) is 2.06. The number of benzene rings is 1. The molecule has 1 amide bonds. The molecule has 1 aromatic heterocycles. The number of hydrogen-bond acceptors (Lipinski definition) is 2. The van der Waals surface area contributed by atoms with Crippen molar-refractivity contribution >= 4 is 23.1 Å². The Morgan fingerprint density at radius 2 is 2.28 bits per heavy atom. The molecule has 18 heavy (non-hydrogen) atoms. The Morgan fingerprint density at radius 1 is 1.50 bits per heavy atom. The molecule has 2 aromatic rings. The predicted octanol–water partition coefficient (Wildman–Crippen LogP) is 3.30. The first-order chi connectivity index (χ1) is 8.61. The summed E-state index contributed by atoms with van der Waals surface area (Å²) in [7, 11) is 0. The van der Waals surface area contributed by atoms with E-state index in [0.717, 1.165) is 35.9 Å². The minimum atomic E-state index is -1.11. The monoisotopic (exact) mass is 247 g/mol. The van der Waals surface area contributed by atoms with Gasteiger partial charge in [-0.1, -0.05) is 19.4 Å². The van der Waals surface area contributed by atoms with E-state index >= 15 is 0 Å². The number of nitrogens with one attached hydrogen (secondary N) is 2. The van der Waals surface area contributed by atoms with Gasteiger partial charge in [-0.15, -0.1) is 0 Å². The maximum absolute atomic E-state index is 10.6. The van der Waals surface area contributed by atoms with Gasteiger partial charge in [-0.25, -0.2) is 9.78 Å². The third-order valence-corrected chi connectivity index (χ3v) is 3.06. The summed E-state index contributed by atoms with van der Waals surface area (Å²) in [5.41, 5.74) is 4.13. The zero-order valence-electron chi connectivity index (χ0n) is 10.6. The summed E-state index contributed by atoms with van der Waals surface area (Å²) in [6.07, 6.45) is 2.24. The Hall–Kier alpha value is -2.04. The zero-order chi connectivity index (χ0) is 13.1. The van der Waals surface area contributed by atoms with Crippen LogP contribution in [0.2, 0.25) is 0 Å². The summed E-state index contributed by atoms with van der Waals surface area (Å²) in [5, 5.41) is 10.9. The summed E-state index contributed by atoms with van der Waals surface area (Å²) in [4.78, 5) is 17.8. The van der Waals surface area contributed by atoms with Crippen molar-refractivity contribution in [3.63, 3.8) is 0 Å². The highest BCUT2D eigenvalue weighted by Gasteiger charge is 2.09. The van der Waals surface area contributed by atoms with Crippen LogP contribution in [0.5, 0.6) is 0 Å². The highest BCUT2D eigenvalue weighted by molar-refractivity contribution is 5.86. The van der Waals surface area contributed by atoms with Gasteiger partial charge in [-0.2, -0.15) is 0 Å². The second-order valence-corrected chi connectivity index (χ2v) is 4.36. The average molecular weight is 247 g/mol. The van der Waals surface area contributed by atoms with Gasteiger partial charge in [0.2, 0.25) is 5.95 Å². The lowest BCUT2D eigenvalue weighted by atomic mass is 10.0. The number of anilines is 1. The molecular weight excluding hydrogens is 230 g/mol. The van der Waals surface area contributed by atoms with E-state index in [1.165, 1.54) is 5.56 Å². The van der Waals surface area contributed by atoms with Gasteiger partial charge in [0.25, 0.3) is 0 Å². The number of aryl methyl sites for hydroxylation is 2. The SMILES string of the molecule is CCCCc1ccc2nc(NC(=O)O)[nH]c2c1C. The van der Waals surface area contributed by atoms with Gasteiger partial charge in [0.15, 0.2) is 0 Å². The molecule has 0 saturated carbocycles. The van der Waals surface area contributed by atoms with E-state index in [9.17, 15) is 4.79 Å². The lowest BCUT2D eigenvalue weighted by molar-refractivity contribution is 0.209. The molecule has 2 rings (SSSR count). The number of nitrogens with zero attached hydrogens (tertiary/aromatic N) is 1. The quantitative estimate of drug-likeness (QED) is 0.775. The van der Waals surface area contributed by atoms with E-state index in [1.807, 2.05) is 13.0 Å². The van der Waals surface area contributed by atoms with Crippen LogP contribution in [0.3, 0.4) is 0 Å². The second kappa shape index (κ2) is 5.08. The molecule has 0 aliphatic heterocycles. The number of fused-ring (bicyclic) bond motifs is 1. The average Bonchev–Trinajstić information content (AvgIpc) is 2.71. The molecule has 0 bridgehead atoms. The third-order valence-electron chi connectivity index (χ3n) is 3.06. The Bertz CT molecular complexity index is 575. The van der Waals surface area contributed by atoms with Crippen LogP contribution in [0.15, 0.2) is 12.1 Å². The number of amides is 1. The number of carbonyl (C=O) groups is 1. The first-order valence-corrected chi connectivity index (χ1v) is 6.10. The predicted molar refractivity (Wildman–Crippen MR) is 71.1 cm³/mol. The lowest BCUT2D eigenvalue weighted by Gasteiger charge is -2.05. The van der Waals surface area contributed by atoms with Gasteiger partial charge in [-0.3, -0.25) is 5.32 Å². The van der Waals surface area contributed by atoms with Crippen molar-refractivity contribution in [3.8, 4) is 0 Å². The number of aromatic nitrogens is 2. The van der Waals surface area contributed by atoms with Crippen LogP contribution in [-0.4, -0.2) is 21.2 Å². The summed E-state index contributed by atoms with van der Waals surface area (Å²) in [6.45, 7) is 4.20. The number of aromatic amines is 1. The van der Waals surface area contributed by atoms with Crippen molar-refractivity contribution in [2.75, 3.05) is 5.32 Å². The molecule has 0 spiro atoms. The molecule has 5 heteroatoms. The molecular formula is C13H17N3O2. The topological polar surface area (TPSA) is 78.0 Å². The first-order valence-electron chi connectivity index (χ1n) is 6.10. The normalized spacial score (nSPS) is 10.8. The van der Waals surface area contributed by atoms with E-state index in [1.54, 1.807) is 0 Å². The molecule has 96 valence electrons. The number of imidazole rings is 1. The number of carboxylic acid groups (broad SMARTS) is 1. The van der Waals surface area contributed by atoms with E-state index in [-0.39, 0.29) is 5.95 Å². The Labute approximate surface area is 105 Å². The van der Waals surface area contributed by atoms with Crippen molar-refractivity contribution in [3.05, 3.63) is 23.3 Å². The molecule has 0 saturated heterocycles. The zero-order valence-corrected chi connectivity index (χ0v) is 10.6. The van der Waals surface area contributed by atoms with Crippen LogP contribution in [0.25, 0.3) is 11.0 Å². The molecule has 0 fully saturated rings. The van der Waals surface area contributed by atoms with Crippen LogP contribution >= 0.6 is 0 Å². The minimum Gasteiger partial charge on any atom is -0.465 e. The van der Waals surface area contributed by atoms with Gasteiger partial charge in [0.1, 0.15) is 0 Å². The maximum atomic E-state index is 10.6. The van der Waals surface area contributed by atoms with Gasteiger partial charge >= 0.3 is 6.09 Å². The van der Waals surface area contributed by atoms with Gasteiger partial charge in [0.05, 0.1) is 11.0 Å². The van der Waals surface area contributed by atoms with Crippen molar-refractivity contribution in [1.29, 1.82) is 0 Å². The van der Waals surface area contributed by atoms with Crippen molar-refractivity contribution < 1.29 is 9.90 Å². The van der Waals surface area contributed by atoms with E-state index in [0.29, 0.717) is 0 Å². The summed E-state index contributed by atoms with van der Waals surface area (Å²) < 4.78 is 0. The second-order valence-electron chi connectivity index (χ2n) is 4.36. The lowest BCUT2D eigenvalue weighted by Crippen LogP contribution is -2.08. The summed E-state index contributed by atoms with van der Waals surface area (Å²) in [5.74, 6) is 0.272.